The Kier molecular flexibility index (Phi) is 3.84. The molecule has 2 nitrogen and oxygen atoms in total. The molecule has 1 aromatic carbocycles. The van der Waals surface area contributed by atoms with E-state index >= 15 is 0 Å². The lowest BCUT2D eigenvalue weighted by Crippen LogP contribution is -2.11. The fourth-order valence-corrected chi connectivity index (χ4v) is 2.87. The van der Waals surface area contributed by atoms with Crippen LogP contribution in [-0.4, -0.2) is 12.0 Å². The molecule has 1 heterocycles. The molecule has 17 heavy (non-hydrogen) atoms. The van der Waals surface area contributed by atoms with E-state index in [1.54, 1.807) is 6.20 Å². The average molecular weight is 356 g/mol. The lowest BCUT2D eigenvalue weighted by molar-refractivity contribution is 1.11. The van der Waals surface area contributed by atoms with Crippen LogP contribution in [0.1, 0.15) is 5.56 Å². The van der Waals surface area contributed by atoms with Gasteiger partial charge in [0, 0.05) is 23.4 Å². The van der Waals surface area contributed by atoms with Crippen LogP contribution in [0.5, 0.6) is 0 Å². The van der Waals surface area contributed by atoms with Crippen molar-refractivity contribution in [3.8, 4) is 0 Å². The van der Waals surface area contributed by atoms with Crippen molar-refractivity contribution in [3.05, 3.63) is 51.0 Å². The van der Waals surface area contributed by atoms with Gasteiger partial charge in [-0.2, -0.15) is 0 Å². The number of halogens is 2. The standard InChI is InChI=1S/C13H12Br2N2/c1-9-4-3-5-11(6-9)17(2)13-12(15)7-10(14)8-16-13/h3-8H,1-2H3. The summed E-state index contributed by atoms with van der Waals surface area (Å²) in [6.07, 6.45) is 1.80. The molecule has 0 aliphatic rings. The number of anilines is 2. The Morgan fingerprint density at radius 3 is 2.59 bits per heavy atom. The number of rotatable bonds is 2. The van der Waals surface area contributed by atoms with Crippen molar-refractivity contribution in [2.24, 2.45) is 0 Å². The van der Waals surface area contributed by atoms with Crippen molar-refractivity contribution in [3.63, 3.8) is 0 Å². The third kappa shape index (κ3) is 2.87. The zero-order chi connectivity index (χ0) is 12.4. The molecule has 0 saturated carbocycles. The van der Waals surface area contributed by atoms with Gasteiger partial charge in [0.15, 0.2) is 0 Å². The van der Waals surface area contributed by atoms with E-state index in [1.165, 1.54) is 5.56 Å². The first kappa shape index (κ1) is 12.6. The number of hydrogen-bond acceptors (Lipinski definition) is 2. The monoisotopic (exact) mass is 354 g/mol. The van der Waals surface area contributed by atoms with Gasteiger partial charge in [0.2, 0.25) is 0 Å². The predicted octanol–water partition coefficient (Wildman–Crippen LogP) is 4.68. The van der Waals surface area contributed by atoms with Gasteiger partial charge in [-0.15, -0.1) is 0 Å². The van der Waals surface area contributed by atoms with Gasteiger partial charge >= 0.3 is 0 Å². The van der Waals surface area contributed by atoms with Crippen LogP contribution >= 0.6 is 31.9 Å². The van der Waals surface area contributed by atoms with Gasteiger partial charge in [-0.05, 0) is 62.5 Å². The summed E-state index contributed by atoms with van der Waals surface area (Å²) in [5.74, 6) is 0.902. The van der Waals surface area contributed by atoms with Crippen LogP contribution in [0, 0.1) is 6.92 Å². The maximum absolute atomic E-state index is 4.42. The molecule has 4 heteroatoms. The molecule has 0 aliphatic carbocycles. The molecule has 88 valence electrons. The normalized spacial score (nSPS) is 10.4. The van der Waals surface area contributed by atoms with E-state index < -0.39 is 0 Å². The lowest BCUT2D eigenvalue weighted by atomic mass is 10.2. The Bertz CT molecular complexity index is 541. The highest BCUT2D eigenvalue weighted by atomic mass is 79.9. The smallest absolute Gasteiger partial charge is 0.147 e. The van der Waals surface area contributed by atoms with Gasteiger partial charge in [0.1, 0.15) is 5.82 Å². The second kappa shape index (κ2) is 5.19. The third-order valence-electron chi connectivity index (χ3n) is 2.50. The molecule has 0 amide bonds. The average Bonchev–Trinajstić information content (AvgIpc) is 2.28. The van der Waals surface area contributed by atoms with Crippen LogP contribution in [0.15, 0.2) is 45.5 Å². The van der Waals surface area contributed by atoms with Gasteiger partial charge in [-0.3, -0.25) is 0 Å². The van der Waals surface area contributed by atoms with Crippen molar-refractivity contribution in [1.82, 2.24) is 4.98 Å². The highest BCUT2D eigenvalue weighted by Crippen LogP contribution is 2.30. The number of aromatic nitrogens is 1. The molecule has 0 unspecified atom stereocenters. The van der Waals surface area contributed by atoms with Crippen LogP contribution in [0.2, 0.25) is 0 Å². The number of benzene rings is 1. The van der Waals surface area contributed by atoms with Crippen molar-refractivity contribution in [2.45, 2.75) is 6.92 Å². The summed E-state index contributed by atoms with van der Waals surface area (Å²) in [5.41, 5.74) is 2.36. The molecule has 0 saturated heterocycles. The summed E-state index contributed by atoms with van der Waals surface area (Å²) in [5, 5.41) is 0. The molecule has 2 rings (SSSR count). The van der Waals surface area contributed by atoms with Crippen LogP contribution < -0.4 is 4.90 Å². The first-order valence-corrected chi connectivity index (χ1v) is 6.78. The van der Waals surface area contributed by atoms with Crippen LogP contribution in [0.3, 0.4) is 0 Å². The van der Waals surface area contributed by atoms with E-state index in [9.17, 15) is 0 Å². The quantitative estimate of drug-likeness (QED) is 0.777. The first-order valence-electron chi connectivity index (χ1n) is 5.19. The summed E-state index contributed by atoms with van der Waals surface area (Å²) < 4.78 is 1.93. The van der Waals surface area contributed by atoms with Gasteiger partial charge in [0.05, 0.1) is 4.47 Å². The summed E-state index contributed by atoms with van der Waals surface area (Å²) in [7, 11) is 2.01. The SMILES string of the molecule is Cc1cccc(N(C)c2ncc(Br)cc2Br)c1. The number of pyridine rings is 1. The third-order valence-corrected chi connectivity index (χ3v) is 3.51. The predicted molar refractivity (Wildman–Crippen MR) is 78.9 cm³/mol. The molecule has 0 N–H and O–H groups in total. The van der Waals surface area contributed by atoms with Crippen molar-refractivity contribution >= 4 is 43.4 Å². The van der Waals surface area contributed by atoms with Gasteiger partial charge in [0.25, 0.3) is 0 Å². The minimum Gasteiger partial charge on any atom is -0.329 e. The Labute approximate surface area is 118 Å². The number of nitrogens with zero attached hydrogens (tertiary/aromatic N) is 2. The van der Waals surface area contributed by atoms with E-state index in [1.807, 2.05) is 19.2 Å². The zero-order valence-electron chi connectivity index (χ0n) is 9.61. The summed E-state index contributed by atoms with van der Waals surface area (Å²) in [6.45, 7) is 2.08. The second-order valence-corrected chi connectivity index (χ2v) is 5.63. The first-order chi connectivity index (χ1) is 8.08. The van der Waals surface area contributed by atoms with Crippen molar-refractivity contribution < 1.29 is 0 Å². The Morgan fingerprint density at radius 2 is 1.94 bits per heavy atom. The molecule has 0 fully saturated rings. The summed E-state index contributed by atoms with van der Waals surface area (Å²) >= 11 is 6.93. The van der Waals surface area contributed by atoms with E-state index in [4.69, 9.17) is 0 Å². The molecule has 2 aromatic rings. The fourth-order valence-electron chi connectivity index (χ4n) is 1.61. The van der Waals surface area contributed by atoms with Crippen molar-refractivity contribution in [1.29, 1.82) is 0 Å². The molecule has 0 aliphatic heterocycles. The van der Waals surface area contributed by atoms with E-state index in [0.29, 0.717) is 0 Å². The summed E-state index contributed by atoms with van der Waals surface area (Å²) in [4.78, 5) is 6.48. The minimum atomic E-state index is 0.902. The number of aryl methyl sites for hydroxylation is 1. The largest absolute Gasteiger partial charge is 0.329 e. The zero-order valence-corrected chi connectivity index (χ0v) is 12.8. The molecule has 0 bridgehead atoms. The molecule has 0 radical (unpaired) electrons. The second-order valence-electron chi connectivity index (χ2n) is 3.86. The number of hydrogen-bond donors (Lipinski definition) is 0. The molecular formula is C13H12Br2N2. The molecule has 0 atom stereocenters. The molecule has 1 aromatic heterocycles. The van der Waals surface area contributed by atoms with Crippen LogP contribution in [-0.2, 0) is 0 Å². The highest BCUT2D eigenvalue weighted by molar-refractivity contribution is 9.11. The van der Waals surface area contributed by atoms with Gasteiger partial charge in [-0.1, -0.05) is 12.1 Å². The molecular weight excluding hydrogens is 344 g/mol. The lowest BCUT2D eigenvalue weighted by Gasteiger charge is -2.20. The van der Waals surface area contributed by atoms with E-state index in [0.717, 1.165) is 20.5 Å². The maximum atomic E-state index is 4.42. The Morgan fingerprint density at radius 1 is 1.18 bits per heavy atom. The Balaban J connectivity index is 2.40. The maximum Gasteiger partial charge on any atom is 0.147 e. The van der Waals surface area contributed by atoms with Gasteiger partial charge < -0.3 is 4.90 Å². The van der Waals surface area contributed by atoms with Crippen LogP contribution in [0.25, 0.3) is 0 Å². The van der Waals surface area contributed by atoms with Crippen molar-refractivity contribution in [2.75, 3.05) is 11.9 Å². The summed E-state index contributed by atoms with van der Waals surface area (Å²) in [6, 6.07) is 10.3. The highest BCUT2D eigenvalue weighted by Gasteiger charge is 2.09. The van der Waals surface area contributed by atoms with E-state index in [2.05, 4.69) is 66.9 Å². The topological polar surface area (TPSA) is 16.1 Å². The fraction of sp³-hybridized carbons (Fsp3) is 0.154. The van der Waals surface area contributed by atoms with Gasteiger partial charge in [-0.25, -0.2) is 4.98 Å². The minimum absolute atomic E-state index is 0.902. The molecule has 0 spiro atoms. The Hall–Kier alpha value is -0.870. The van der Waals surface area contributed by atoms with Crippen LogP contribution in [0.4, 0.5) is 11.5 Å². The van der Waals surface area contributed by atoms with E-state index in [-0.39, 0.29) is 0 Å².